The van der Waals surface area contributed by atoms with E-state index in [0.717, 1.165) is 6.07 Å². The number of carboxylic acids is 2. The average molecular weight is 274 g/mol. The number of benzene rings is 1. The summed E-state index contributed by atoms with van der Waals surface area (Å²) in [6.45, 7) is 0. The van der Waals surface area contributed by atoms with Crippen molar-refractivity contribution in [2.45, 2.75) is 0 Å². The maximum absolute atomic E-state index is 10.3. The Kier molecular flexibility index (Phi) is 10.6. The van der Waals surface area contributed by atoms with E-state index in [-0.39, 0.29) is 39.7 Å². The van der Waals surface area contributed by atoms with Crippen molar-refractivity contribution in [3.63, 3.8) is 0 Å². The first-order valence-corrected chi connectivity index (χ1v) is 4.80. The van der Waals surface area contributed by atoms with Gasteiger partial charge in [-0.2, -0.15) is 0 Å². The summed E-state index contributed by atoms with van der Waals surface area (Å²) >= 11 is 0. The zero-order valence-electron chi connectivity index (χ0n) is 9.98. The summed E-state index contributed by atoms with van der Waals surface area (Å²) in [6.07, 6.45) is 8.00. The van der Waals surface area contributed by atoms with E-state index in [1.807, 2.05) is 29.9 Å². The van der Waals surface area contributed by atoms with E-state index in [1.165, 1.54) is 18.2 Å². The molecule has 7 heteroatoms. The van der Waals surface area contributed by atoms with Gasteiger partial charge >= 0.3 is 23.1 Å². The molecule has 6 nitrogen and oxygen atoms in total. The molecule has 0 fully saturated rings. The fourth-order valence-corrected chi connectivity index (χ4v) is 1.09. The fraction of sp³-hybridized carbons (Fsp3) is 0. The zero-order valence-corrected chi connectivity index (χ0v) is 11.4. The van der Waals surface area contributed by atoms with Crippen LogP contribution in [0.1, 0.15) is 20.7 Å². The summed E-state index contributed by atoms with van der Waals surface area (Å²) in [7, 11) is 0. The number of aromatic carboxylic acids is 2. The van der Waals surface area contributed by atoms with Crippen LogP contribution in [0, 0.1) is 0 Å². The molecule has 1 heterocycles. The van der Waals surface area contributed by atoms with E-state index in [9.17, 15) is 19.8 Å². The van der Waals surface area contributed by atoms with E-state index >= 15 is 0 Å². The van der Waals surface area contributed by atoms with E-state index in [2.05, 4.69) is 0 Å². The second-order valence-electron chi connectivity index (χ2n) is 3.12. The van der Waals surface area contributed by atoms with E-state index in [0.29, 0.717) is 0 Å². The van der Waals surface area contributed by atoms with Gasteiger partial charge in [-0.25, -0.2) is 0 Å². The normalized spacial score (nSPS) is 10.5. The average Bonchev–Trinajstić information content (AvgIpc) is 2.87. The quantitative estimate of drug-likeness (QED) is 0.593. The third-order valence-corrected chi connectivity index (χ3v) is 1.89. The molecule has 0 amide bonds. The van der Waals surface area contributed by atoms with Crippen molar-refractivity contribution in [2.75, 3.05) is 0 Å². The van der Waals surface area contributed by atoms with Crippen molar-refractivity contribution in [1.29, 1.82) is 0 Å². The second-order valence-corrected chi connectivity index (χ2v) is 3.12. The fourth-order valence-electron chi connectivity index (χ4n) is 1.09. The van der Waals surface area contributed by atoms with Crippen molar-refractivity contribution in [3.05, 3.63) is 59.9 Å². The molecule has 3 N–H and O–H groups in total. The van der Waals surface area contributed by atoms with Crippen molar-refractivity contribution >= 4 is 35.0 Å². The van der Waals surface area contributed by atoms with Gasteiger partial charge in [-0.05, 0) is 29.3 Å². The van der Waals surface area contributed by atoms with E-state index in [1.54, 1.807) is 0 Å². The minimum absolute atomic E-state index is 0. The molecule has 0 atom stereocenters. The predicted molar refractivity (Wildman–Crippen MR) is 63.0 cm³/mol. The summed E-state index contributed by atoms with van der Waals surface area (Å²) in [5.74, 6) is -2.81. The monoisotopic (exact) mass is 273 g/mol. The molecule has 96 valence electrons. The maximum atomic E-state index is 10.3. The van der Waals surface area contributed by atoms with Crippen molar-refractivity contribution in [3.8, 4) is 0 Å². The molecule has 19 heavy (non-hydrogen) atoms. The van der Waals surface area contributed by atoms with Gasteiger partial charge < -0.3 is 25.3 Å². The van der Waals surface area contributed by atoms with Gasteiger partial charge in [0.2, 0.25) is 0 Å². The van der Waals surface area contributed by atoms with Crippen LogP contribution in [0.15, 0.2) is 48.8 Å². The third-order valence-electron chi connectivity index (χ3n) is 1.89. The Labute approximate surface area is 125 Å². The van der Waals surface area contributed by atoms with Crippen LogP contribution >= 0.6 is 0 Å². The molecule has 0 unspecified atom stereocenters. The van der Waals surface area contributed by atoms with Crippen LogP contribution in [-0.4, -0.2) is 40.5 Å². The minimum atomic E-state index is -1.40. The summed E-state index contributed by atoms with van der Waals surface area (Å²) in [5.41, 5.74) is -0.339. The SMILES string of the molecule is C1=C[NH2+]C=C1.O=C([O-])c1cccc(C(=O)[O-])c1.[Mg+2].[OH-]. The molecule has 0 radical (unpaired) electrons. The molecule has 2 rings (SSSR count). The number of rotatable bonds is 2. The number of hydrogen-bond acceptors (Lipinski definition) is 5. The number of allylic oxidation sites excluding steroid dienone is 2. The molecule has 1 aromatic rings. The van der Waals surface area contributed by atoms with Crippen molar-refractivity contribution in [2.24, 2.45) is 0 Å². The summed E-state index contributed by atoms with van der Waals surface area (Å²) in [5, 5.41) is 22.5. The molecular weight excluding hydrogens is 262 g/mol. The van der Waals surface area contributed by atoms with Crippen LogP contribution in [0.2, 0.25) is 0 Å². The van der Waals surface area contributed by atoms with Gasteiger partial charge in [-0.3, -0.25) is 5.32 Å². The topological polar surface area (TPSA) is 127 Å². The number of carbonyl (C=O) groups excluding carboxylic acids is 2. The summed E-state index contributed by atoms with van der Waals surface area (Å²) < 4.78 is 0. The van der Waals surface area contributed by atoms with Crippen LogP contribution in [-0.2, 0) is 0 Å². The molecule has 0 saturated heterocycles. The Balaban J connectivity index is 0. The Morgan fingerprint density at radius 3 is 1.63 bits per heavy atom. The van der Waals surface area contributed by atoms with Crippen LogP contribution in [0.5, 0.6) is 0 Å². The standard InChI is InChI=1S/C8H6O4.C4H5N.Mg.H2O/c9-7(10)5-2-1-3-6(4-5)8(11)12;1-2-4-5-3-1;;/h1-4H,(H,9,10)(H,11,12);1-5H;;1H2/q;;+2;/p-2. The van der Waals surface area contributed by atoms with Crippen LogP contribution < -0.4 is 15.5 Å². The van der Waals surface area contributed by atoms with Crippen LogP contribution in [0.4, 0.5) is 0 Å². The molecule has 0 aromatic heterocycles. The largest absolute Gasteiger partial charge is 2.00 e. The van der Waals surface area contributed by atoms with Crippen molar-refractivity contribution < 1.29 is 30.6 Å². The molecule has 0 spiro atoms. The van der Waals surface area contributed by atoms with Gasteiger partial charge in [0.1, 0.15) is 0 Å². The summed E-state index contributed by atoms with van der Waals surface area (Å²) in [6, 6.07) is 4.81. The Morgan fingerprint density at radius 1 is 0.947 bits per heavy atom. The Bertz CT molecular complexity index is 446. The molecule has 0 bridgehead atoms. The molecule has 0 aliphatic carbocycles. The van der Waals surface area contributed by atoms with Gasteiger partial charge in [0.15, 0.2) is 0 Å². The van der Waals surface area contributed by atoms with E-state index in [4.69, 9.17) is 0 Å². The molecular formula is C12H11MgNO5. The van der Waals surface area contributed by atoms with Gasteiger partial charge in [0, 0.05) is 0 Å². The minimum Gasteiger partial charge on any atom is -0.870 e. The van der Waals surface area contributed by atoms with E-state index < -0.39 is 11.9 Å². The Morgan fingerprint density at radius 2 is 1.37 bits per heavy atom. The smallest absolute Gasteiger partial charge is 0.870 e. The van der Waals surface area contributed by atoms with Crippen LogP contribution in [0.3, 0.4) is 0 Å². The van der Waals surface area contributed by atoms with Gasteiger partial charge in [0.05, 0.1) is 24.3 Å². The maximum Gasteiger partial charge on any atom is 2.00 e. The number of nitrogens with two attached hydrogens (primary N) is 1. The summed E-state index contributed by atoms with van der Waals surface area (Å²) in [4.78, 5) is 20.5. The number of hydrogen-bond donors (Lipinski definition) is 1. The Hall–Kier alpha value is -1.67. The second kappa shape index (κ2) is 10.3. The molecule has 1 aliphatic heterocycles. The first kappa shape index (κ1) is 19.7. The van der Waals surface area contributed by atoms with Gasteiger partial charge in [-0.15, -0.1) is 0 Å². The zero-order chi connectivity index (χ0) is 12.7. The van der Waals surface area contributed by atoms with Crippen LogP contribution in [0.25, 0.3) is 0 Å². The third kappa shape index (κ3) is 7.37. The first-order chi connectivity index (χ1) is 8.11. The number of carboxylic acid groups (broad SMARTS) is 2. The predicted octanol–water partition coefficient (Wildman–Crippen LogP) is -2.55. The number of carbonyl (C=O) groups is 2. The number of quaternary nitrogens is 1. The first-order valence-electron chi connectivity index (χ1n) is 4.80. The molecule has 1 aromatic carbocycles. The van der Waals surface area contributed by atoms with Crippen molar-refractivity contribution in [1.82, 2.24) is 0 Å². The molecule has 1 aliphatic rings. The molecule has 0 saturated carbocycles. The van der Waals surface area contributed by atoms with Gasteiger partial charge in [-0.1, -0.05) is 18.2 Å². The van der Waals surface area contributed by atoms with Gasteiger partial charge in [0.25, 0.3) is 0 Å².